The lowest BCUT2D eigenvalue weighted by molar-refractivity contribution is 0.246. The molecule has 1 aliphatic heterocycles. The quantitative estimate of drug-likeness (QED) is 0.623. The average molecular weight is 174 g/mol. The van der Waals surface area contributed by atoms with E-state index < -0.39 is 0 Å². The zero-order valence-corrected chi connectivity index (χ0v) is 7.95. The third-order valence-electron chi connectivity index (χ3n) is 2.55. The Balaban J connectivity index is 1.90. The summed E-state index contributed by atoms with van der Waals surface area (Å²) < 4.78 is 0. The molecule has 1 heteroatoms. The van der Waals surface area contributed by atoms with Crippen molar-refractivity contribution in [3.05, 3.63) is 42.3 Å². The molecular formula is C12H16N-. The maximum atomic E-state index is 2.52. The fourth-order valence-corrected chi connectivity index (χ4v) is 1.80. The van der Waals surface area contributed by atoms with Crippen LogP contribution in [0.1, 0.15) is 18.4 Å². The summed E-state index contributed by atoms with van der Waals surface area (Å²) in [5, 5.41) is 0. The molecule has 2 rings (SSSR count). The van der Waals surface area contributed by atoms with Crippen LogP contribution in [-0.2, 0) is 6.54 Å². The molecule has 0 saturated carbocycles. The normalized spacial score (nSPS) is 18.8. The van der Waals surface area contributed by atoms with E-state index >= 15 is 0 Å². The van der Waals surface area contributed by atoms with Gasteiger partial charge in [-0.3, -0.25) is 0 Å². The molecule has 0 aliphatic carbocycles. The largest absolute Gasteiger partial charge is 0.326 e. The van der Waals surface area contributed by atoms with Crippen molar-refractivity contribution in [2.75, 3.05) is 13.1 Å². The fraction of sp³-hybridized carbons (Fsp3) is 0.417. The molecule has 0 radical (unpaired) electrons. The van der Waals surface area contributed by atoms with E-state index in [2.05, 4.69) is 41.7 Å². The molecule has 0 spiro atoms. The van der Waals surface area contributed by atoms with Crippen molar-refractivity contribution in [3.8, 4) is 0 Å². The van der Waals surface area contributed by atoms with Crippen LogP contribution in [0.3, 0.4) is 0 Å². The Bertz CT molecular complexity index is 237. The maximum Gasteiger partial charge on any atom is 0.0231 e. The minimum atomic E-state index is 1.12. The van der Waals surface area contributed by atoms with Crippen molar-refractivity contribution in [1.82, 2.24) is 4.90 Å². The summed E-state index contributed by atoms with van der Waals surface area (Å²) in [5.74, 6) is 0. The predicted molar refractivity (Wildman–Crippen MR) is 55.3 cm³/mol. The minimum Gasteiger partial charge on any atom is -0.326 e. The lowest BCUT2D eigenvalue weighted by Crippen LogP contribution is -2.29. The molecule has 0 bridgehead atoms. The van der Waals surface area contributed by atoms with Crippen LogP contribution in [0.2, 0.25) is 0 Å². The van der Waals surface area contributed by atoms with E-state index in [4.69, 9.17) is 0 Å². The molecule has 1 aliphatic rings. The van der Waals surface area contributed by atoms with Gasteiger partial charge in [0.2, 0.25) is 0 Å². The first-order chi connectivity index (χ1) is 6.45. The molecule has 0 amide bonds. The second-order valence-corrected chi connectivity index (χ2v) is 3.63. The number of benzene rings is 1. The van der Waals surface area contributed by atoms with E-state index in [1.165, 1.54) is 31.5 Å². The molecule has 13 heavy (non-hydrogen) atoms. The highest BCUT2D eigenvalue weighted by molar-refractivity contribution is 5.14. The van der Waals surface area contributed by atoms with Gasteiger partial charge in [0, 0.05) is 6.54 Å². The van der Waals surface area contributed by atoms with Crippen LogP contribution in [0, 0.1) is 6.42 Å². The maximum absolute atomic E-state index is 2.52. The molecule has 1 fully saturated rings. The standard InChI is InChI=1S/C12H16N/c1-3-7-12(8-4-1)11-13-9-5-2-6-10-13/h1-4,7-8H,5-6,9-11H2/q-1. The van der Waals surface area contributed by atoms with Crippen molar-refractivity contribution in [1.29, 1.82) is 0 Å². The lowest BCUT2D eigenvalue weighted by Gasteiger charge is -2.31. The van der Waals surface area contributed by atoms with Gasteiger partial charge in [-0.25, -0.2) is 0 Å². The van der Waals surface area contributed by atoms with Crippen LogP contribution in [-0.4, -0.2) is 18.0 Å². The number of rotatable bonds is 2. The molecule has 0 atom stereocenters. The summed E-state index contributed by atoms with van der Waals surface area (Å²) in [5.41, 5.74) is 1.43. The van der Waals surface area contributed by atoms with Crippen molar-refractivity contribution in [2.24, 2.45) is 0 Å². The first-order valence-corrected chi connectivity index (χ1v) is 5.03. The number of likely N-dealkylation sites (tertiary alicyclic amines) is 1. The molecular weight excluding hydrogens is 158 g/mol. The SMILES string of the molecule is c1ccc(CN2CC[CH-]CC2)cc1. The second kappa shape index (κ2) is 4.43. The highest BCUT2D eigenvalue weighted by Crippen LogP contribution is 2.11. The van der Waals surface area contributed by atoms with Gasteiger partial charge >= 0.3 is 0 Å². The number of hydrogen-bond acceptors (Lipinski definition) is 1. The van der Waals surface area contributed by atoms with Gasteiger partial charge in [0.25, 0.3) is 0 Å². The Morgan fingerprint density at radius 3 is 2.46 bits per heavy atom. The predicted octanol–water partition coefficient (Wildman–Crippen LogP) is 2.49. The summed E-state index contributed by atoms with van der Waals surface area (Å²) >= 11 is 0. The minimum absolute atomic E-state index is 1.12. The Morgan fingerprint density at radius 2 is 1.77 bits per heavy atom. The molecule has 70 valence electrons. The summed E-state index contributed by atoms with van der Waals surface area (Å²) in [4.78, 5) is 2.52. The van der Waals surface area contributed by atoms with Gasteiger partial charge in [-0.2, -0.15) is 12.8 Å². The van der Waals surface area contributed by atoms with Crippen LogP contribution in [0.5, 0.6) is 0 Å². The molecule has 1 nitrogen and oxygen atoms in total. The van der Waals surface area contributed by atoms with E-state index in [1.54, 1.807) is 0 Å². The summed E-state index contributed by atoms with van der Waals surface area (Å²) in [6.07, 6.45) is 4.90. The van der Waals surface area contributed by atoms with Gasteiger partial charge in [-0.1, -0.05) is 30.3 Å². The van der Waals surface area contributed by atoms with Crippen molar-refractivity contribution in [3.63, 3.8) is 0 Å². The van der Waals surface area contributed by atoms with E-state index in [0.29, 0.717) is 0 Å². The smallest absolute Gasteiger partial charge is 0.0231 e. The highest BCUT2D eigenvalue weighted by atomic mass is 15.1. The molecule has 0 unspecified atom stereocenters. The van der Waals surface area contributed by atoms with Crippen molar-refractivity contribution in [2.45, 2.75) is 19.4 Å². The van der Waals surface area contributed by atoms with Gasteiger partial charge in [0.1, 0.15) is 0 Å². The number of piperidine rings is 1. The molecule has 1 aromatic carbocycles. The Kier molecular flexibility index (Phi) is 2.98. The highest BCUT2D eigenvalue weighted by Gasteiger charge is 2.04. The lowest BCUT2D eigenvalue weighted by atomic mass is 10.1. The molecule has 1 heterocycles. The van der Waals surface area contributed by atoms with Crippen LogP contribution in [0.15, 0.2) is 30.3 Å². The summed E-state index contributed by atoms with van der Waals surface area (Å²) in [7, 11) is 0. The first-order valence-electron chi connectivity index (χ1n) is 5.03. The zero-order chi connectivity index (χ0) is 8.93. The summed E-state index contributed by atoms with van der Waals surface area (Å²) in [6.45, 7) is 3.58. The van der Waals surface area contributed by atoms with Gasteiger partial charge in [-0.15, -0.1) is 0 Å². The van der Waals surface area contributed by atoms with Crippen LogP contribution in [0.4, 0.5) is 0 Å². The fourth-order valence-electron chi connectivity index (χ4n) is 1.80. The van der Waals surface area contributed by atoms with Crippen molar-refractivity contribution < 1.29 is 0 Å². The van der Waals surface area contributed by atoms with Crippen LogP contribution < -0.4 is 0 Å². The van der Waals surface area contributed by atoms with E-state index in [9.17, 15) is 0 Å². The third kappa shape index (κ3) is 2.56. The zero-order valence-electron chi connectivity index (χ0n) is 7.95. The van der Waals surface area contributed by atoms with E-state index in [-0.39, 0.29) is 0 Å². The number of nitrogens with zero attached hydrogens (tertiary/aromatic N) is 1. The van der Waals surface area contributed by atoms with Gasteiger partial charge in [0.15, 0.2) is 0 Å². The van der Waals surface area contributed by atoms with Gasteiger partial charge in [0.05, 0.1) is 0 Å². The molecule has 1 aromatic rings. The van der Waals surface area contributed by atoms with Gasteiger partial charge in [-0.05, 0) is 18.7 Å². The van der Waals surface area contributed by atoms with Crippen molar-refractivity contribution >= 4 is 0 Å². The molecule has 0 N–H and O–H groups in total. The molecule has 1 saturated heterocycles. The Morgan fingerprint density at radius 1 is 1.08 bits per heavy atom. The topological polar surface area (TPSA) is 3.24 Å². The Hall–Kier alpha value is -0.820. The monoisotopic (exact) mass is 174 g/mol. The Labute approximate surface area is 80.4 Å². The summed E-state index contributed by atoms with van der Waals surface area (Å²) in [6, 6.07) is 10.7. The van der Waals surface area contributed by atoms with Gasteiger partial charge < -0.3 is 11.3 Å². The first kappa shape index (κ1) is 8.76. The average Bonchev–Trinajstić information content (AvgIpc) is 2.21. The van der Waals surface area contributed by atoms with E-state index in [1.807, 2.05) is 0 Å². The number of hydrogen-bond donors (Lipinski definition) is 0. The van der Waals surface area contributed by atoms with Crippen LogP contribution >= 0.6 is 0 Å². The third-order valence-corrected chi connectivity index (χ3v) is 2.55. The second-order valence-electron chi connectivity index (χ2n) is 3.63. The van der Waals surface area contributed by atoms with E-state index in [0.717, 1.165) is 6.54 Å². The van der Waals surface area contributed by atoms with Crippen LogP contribution in [0.25, 0.3) is 0 Å². The molecule has 0 aromatic heterocycles.